The Kier molecular flexibility index (Phi) is 5.02. The molecule has 0 fully saturated rings. The van der Waals surface area contributed by atoms with E-state index in [2.05, 4.69) is 10.3 Å². The van der Waals surface area contributed by atoms with Crippen molar-refractivity contribution in [2.75, 3.05) is 11.9 Å². The second-order valence-corrected chi connectivity index (χ2v) is 6.05. The van der Waals surface area contributed by atoms with Crippen molar-refractivity contribution in [3.05, 3.63) is 59.4 Å². The molecule has 6 heteroatoms. The number of nitrogens with zero attached hydrogens (tertiary/aromatic N) is 2. The summed E-state index contributed by atoms with van der Waals surface area (Å²) in [5.74, 6) is 0.436. The molecule has 3 rings (SSSR count). The minimum absolute atomic E-state index is 0.201. The van der Waals surface area contributed by atoms with E-state index in [9.17, 15) is 9.59 Å². The summed E-state index contributed by atoms with van der Waals surface area (Å²) in [5.41, 5.74) is 3.84. The lowest BCUT2D eigenvalue weighted by atomic mass is 10.1. The van der Waals surface area contributed by atoms with Gasteiger partial charge in [-0.3, -0.25) is 9.59 Å². The van der Waals surface area contributed by atoms with Gasteiger partial charge < -0.3 is 14.6 Å². The first-order valence-corrected chi connectivity index (χ1v) is 8.47. The van der Waals surface area contributed by atoms with Crippen molar-refractivity contribution in [1.29, 1.82) is 0 Å². The van der Waals surface area contributed by atoms with Gasteiger partial charge >= 0.3 is 5.97 Å². The third-order valence-corrected chi connectivity index (χ3v) is 4.23. The van der Waals surface area contributed by atoms with E-state index in [0.29, 0.717) is 17.9 Å². The third-order valence-electron chi connectivity index (χ3n) is 4.23. The fourth-order valence-corrected chi connectivity index (χ4v) is 2.75. The number of anilines is 1. The monoisotopic (exact) mass is 351 g/mol. The molecule has 3 aromatic rings. The van der Waals surface area contributed by atoms with Crippen LogP contribution in [0.25, 0.3) is 11.0 Å². The molecule has 6 nitrogen and oxygen atoms in total. The largest absolute Gasteiger partial charge is 0.466 e. The molecule has 0 radical (unpaired) electrons. The Morgan fingerprint density at radius 2 is 1.88 bits per heavy atom. The molecule has 0 atom stereocenters. The van der Waals surface area contributed by atoms with E-state index in [0.717, 1.165) is 22.4 Å². The second-order valence-electron chi connectivity index (χ2n) is 6.05. The molecule has 2 aromatic carbocycles. The van der Waals surface area contributed by atoms with Crippen molar-refractivity contribution in [3.63, 3.8) is 0 Å². The number of rotatable bonds is 5. The smallest absolute Gasteiger partial charge is 0.310 e. The predicted molar refractivity (Wildman–Crippen MR) is 100 cm³/mol. The molecular weight excluding hydrogens is 330 g/mol. The van der Waals surface area contributed by atoms with E-state index in [1.165, 1.54) is 0 Å². The van der Waals surface area contributed by atoms with Crippen molar-refractivity contribution >= 4 is 28.6 Å². The number of carbonyl (C=O) groups is 2. The quantitative estimate of drug-likeness (QED) is 0.716. The number of imidazole rings is 1. The highest BCUT2D eigenvalue weighted by Crippen LogP contribution is 2.18. The van der Waals surface area contributed by atoms with Gasteiger partial charge in [-0.2, -0.15) is 0 Å². The van der Waals surface area contributed by atoms with Gasteiger partial charge in [0.2, 0.25) is 0 Å². The standard InChI is InChI=1S/C20H21N3O3/c1-4-26-19(24)11-14-5-8-16(9-6-14)22-20(25)15-7-10-18-17(12-15)21-13(2)23(18)3/h5-10,12H,4,11H2,1-3H3,(H,22,25). The Morgan fingerprint density at radius 3 is 2.58 bits per heavy atom. The van der Waals surface area contributed by atoms with Crippen LogP contribution < -0.4 is 5.32 Å². The third kappa shape index (κ3) is 3.74. The zero-order valence-corrected chi connectivity index (χ0v) is 15.1. The zero-order chi connectivity index (χ0) is 18.7. The van der Waals surface area contributed by atoms with Crippen LogP contribution in [0.2, 0.25) is 0 Å². The van der Waals surface area contributed by atoms with Crippen LogP contribution >= 0.6 is 0 Å². The van der Waals surface area contributed by atoms with E-state index < -0.39 is 0 Å². The van der Waals surface area contributed by atoms with Crippen LogP contribution in [-0.2, 0) is 23.0 Å². The summed E-state index contributed by atoms with van der Waals surface area (Å²) in [7, 11) is 1.95. The summed E-state index contributed by atoms with van der Waals surface area (Å²) in [6.45, 7) is 4.07. The zero-order valence-electron chi connectivity index (χ0n) is 15.1. The lowest BCUT2D eigenvalue weighted by Crippen LogP contribution is -2.12. The summed E-state index contributed by atoms with van der Waals surface area (Å²) >= 11 is 0. The van der Waals surface area contributed by atoms with Gasteiger partial charge in [0.25, 0.3) is 5.91 Å². The van der Waals surface area contributed by atoms with Crippen molar-refractivity contribution in [2.24, 2.45) is 7.05 Å². The summed E-state index contributed by atoms with van der Waals surface area (Å²) in [6, 6.07) is 12.6. The minimum atomic E-state index is -0.261. The molecule has 1 heterocycles. The molecule has 26 heavy (non-hydrogen) atoms. The molecule has 0 saturated carbocycles. The molecule has 0 aliphatic rings. The number of esters is 1. The number of ether oxygens (including phenoxy) is 1. The Hall–Kier alpha value is -3.15. The first-order chi connectivity index (χ1) is 12.5. The van der Waals surface area contributed by atoms with Gasteiger partial charge in [0.1, 0.15) is 5.82 Å². The fourth-order valence-electron chi connectivity index (χ4n) is 2.75. The average molecular weight is 351 g/mol. The molecule has 0 unspecified atom stereocenters. The number of aryl methyl sites for hydroxylation is 2. The molecule has 0 bridgehead atoms. The SMILES string of the molecule is CCOC(=O)Cc1ccc(NC(=O)c2ccc3c(c2)nc(C)n3C)cc1. The summed E-state index contributed by atoms with van der Waals surface area (Å²) in [5, 5.41) is 2.86. The van der Waals surface area contributed by atoms with E-state index >= 15 is 0 Å². The van der Waals surface area contributed by atoms with Gasteiger partial charge in [0, 0.05) is 18.3 Å². The Balaban J connectivity index is 1.70. The molecule has 0 aliphatic carbocycles. The van der Waals surface area contributed by atoms with Crippen molar-refractivity contribution in [3.8, 4) is 0 Å². The van der Waals surface area contributed by atoms with Gasteiger partial charge in [-0.15, -0.1) is 0 Å². The topological polar surface area (TPSA) is 73.2 Å². The van der Waals surface area contributed by atoms with Gasteiger partial charge in [0.05, 0.1) is 24.1 Å². The van der Waals surface area contributed by atoms with Crippen LogP contribution in [-0.4, -0.2) is 28.0 Å². The first-order valence-electron chi connectivity index (χ1n) is 8.47. The number of fused-ring (bicyclic) bond motifs is 1. The van der Waals surface area contributed by atoms with Crippen LogP contribution in [0.4, 0.5) is 5.69 Å². The highest BCUT2D eigenvalue weighted by atomic mass is 16.5. The van der Waals surface area contributed by atoms with Crippen LogP contribution in [0.3, 0.4) is 0 Å². The summed E-state index contributed by atoms with van der Waals surface area (Å²) < 4.78 is 6.91. The van der Waals surface area contributed by atoms with E-state index in [1.807, 2.05) is 24.6 Å². The number of hydrogen-bond donors (Lipinski definition) is 1. The second kappa shape index (κ2) is 7.39. The lowest BCUT2D eigenvalue weighted by molar-refractivity contribution is -0.142. The normalized spacial score (nSPS) is 10.7. The number of benzene rings is 2. The predicted octanol–water partition coefficient (Wildman–Crippen LogP) is 3.24. The Labute approximate surface area is 151 Å². The minimum Gasteiger partial charge on any atom is -0.466 e. The number of amides is 1. The Morgan fingerprint density at radius 1 is 1.15 bits per heavy atom. The van der Waals surface area contributed by atoms with Crippen LogP contribution in [0.15, 0.2) is 42.5 Å². The number of nitrogens with one attached hydrogen (secondary N) is 1. The molecule has 1 amide bonds. The van der Waals surface area contributed by atoms with Crippen LogP contribution in [0.5, 0.6) is 0 Å². The first kappa shape index (κ1) is 17.7. The highest BCUT2D eigenvalue weighted by Gasteiger charge is 2.11. The highest BCUT2D eigenvalue weighted by molar-refractivity contribution is 6.06. The van der Waals surface area contributed by atoms with Gasteiger partial charge in [-0.1, -0.05) is 12.1 Å². The van der Waals surface area contributed by atoms with E-state index in [1.54, 1.807) is 43.3 Å². The maximum absolute atomic E-state index is 12.5. The van der Waals surface area contributed by atoms with Crippen LogP contribution in [0, 0.1) is 6.92 Å². The van der Waals surface area contributed by atoms with Gasteiger partial charge in [0.15, 0.2) is 0 Å². The van der Waals surface area contributed by atoms with Crippen LogP contribution in [0.1, 0.15) is 28.7 Å². The van der Waals surface area contributed by atoms with E-state index in [4.69, 9.17) is 4.74 Å². The molecule has 0 spiro atoms. The Bertz CT molecular complexity index is 958. The van der Waals surface area contributed by atoms with Gasteiger partial charge in [-0.05, 0) is 49.7 Å². The fraction of sp³-hybridized carbons (Fsp3) is 0.250. The molecule has 0 aliphatic heterocycles. The van der Waals surface area contributed by atoms with Crippen molar-refractivity contribution < 1.29 is 14.3 Å². The number of aromatic nitrogens is 2. The summed E-state index contributed by atoms with van der Waals surface area (Å²) in [6.07, 6.45) is 0.220. The molecule has 1 N–H and O–H groups in total. The van der Waals surface area contributed by atoms with E-state index in [-0.39, 0.29) is 18.3 Å². The molecule has 134 valence electrons. The molecule has 0 saturated heterocycles. The summed E-state index contributed by atoms with van der Waals surface area (Å²) in [4.78, 5) is 28.4. The van der Waals surface area contributed by atoms with Crippen molar-refractivity contribution in [2.45, 2.75) is 20.3 Å². The molecular formula is C20H21N3O3. The van der Waals surface area contributed by atoms with Crippen molar-refractivity contribution in [1.82, 2.24) is 9.55 Å². The number of hydrogen-bond acceptors (Lipinski definition) is 4. The van der Waals surface area contributed by atoms with Gasteiger partial charge in [-0.25, -0.2) is 4.98 Å². The lowest BCUT2D eigenvalue weighted by Gasteiger charge is -2.07. The average Bonchev–Trinajstić information content (AvgIpc) is 2.90. The maximum atomic E-state index is 12.5. The maximum Gasteiger partial charge on any atom is 0.310 e. The number of carbonyl (C=O) groups excluding carboxylic acids is 2. The molecule has 1 aromatic heterocycles.